The van der Waals surface area contributed by atoms with Gasteiger partial charge in [-0.15, -0.1) is 0 Å². The first-order valence-electron chi connectivity index (χ1n) is 4.54. The van der Waals surface area contributed by atoms with E-state index in [-0.39, 0.29) is 5.75 Å². The Morgan fingerprint density at radius 3 is 2.53 bits per heavy atom. The van der Waals surface area contributed by atoms with E-state index in [1.807, 2.05) is 0 Å². The van der Waals surface area contributed by atoms with Crippen LogP contribution in [-0.2, 0) is 0 Å². The molecule has 0 aromatic heterocycles. The maximum atomic E-state index is 10.6. The van der Waals surface area contributed by atoms with Crippen LogP contribution in [-0.4, -0.2) is 33.6 Å². The molecule has 15 heavy (non-hydrogen) atoms. The number of hydrogen-bond donors (Lipinski definition) is 2. The fraction of sp³-hybridized carbons (Fsp3) is 0.200. The van der Waals surface area contributed by atoms with Crippen LogP contribution in [0.25, 0.3) is 0 Å². The summed E-state index contributed by atoms with van der Waals surface area (Å²) in [4.78, 5) is 10.6. The van der Waals surface area contributed by atoms with Crippen molar-refractivity contribution >= 4 is 11.8 Å². The maximum absolute atomic E-state index is 10.6. The highest BCUT2D eigenvalue weighted by Gasteiger charge is 2.20. The molecule has 0 fully saturated rings. The molecule has 1 aliphatic heterocycles. The first-order valence-corrected chi connectivity index (χ1v) is 4.54. The van der Waals surface area contributed by atoms with E-state index < -0.39 is 6.09 Å². The van der Waals surface area contributed by atoms with Gasteiger partial charge in [-0.05, 0) is 29.8 Å². The molecule has 78 valence electrons. The van der Waals surface area contributed by atoms with E-state index in [9.17, 15) is 4.79 Å². The molecule has 2 rings (SSSR count). The first kappa shape index (κ1) is 9.51. The molecule has 1 heterocycles. The van der Waals surface area contributed by atoms with E-state index in [0.717, 1.165) is 16.3 Å². The van der Waals surface area contributed by atoms with Crippen molar-refractivity contribution in [3.63, 3.8) is 0 Å². The first-order chi connectivity index (χ1) is 7.16. The number of rotatable bonds is 1. The molecule has 0 radical (unpaired) electrons. The zero-order valence-corrected chi connectivity index (χ0v) is 7.92. The second-order valence-electron chi connectivity index (χ2n) is 3.25. The van der Waals surface area contributed by atoms with Crippen molar-refractivity contribution in [3.8, 4) is 5.75 Å². The number of amides is 1. The predicted octanol–water partition coefficient (Wildman–Crippen LogP) is 1.48. The number of hydrogen-bond acceptors (Lipinski definition) is 3. The van der Waals surface area contributed by atoms with Crippen LogP contribution >= 0.6 is 0 Å². The van der Waals surface area contributed by atoms with Gasteiger partial charge < -0.3 is 10.2 Å². The monoisotopic (exact) mass is 206 g/mol. The van der Waals surface area contributed by atoms with Crippen LogP contribution < -0.4 is 0 Å². The number of hydrazone groups is 1. The highest BCUT2D eigenvalue weighted by Crippen LogP contribution is 2.16. The lowest BCUT2D eigenvalue weighted by Gasteiger charge is -2.03. The van der Waals surface area contributed by atoms with E-state index in [2.05, 4.69) is 5.10 Å². The van der Waals surface area contributed by atoms with Crippen LogP contribution in [0.4, 0.5) is 4.79 Å². The Morgan fingerprint density at radius 1 is 1.33 bits per heavy atom. The number of benzene rings is 1. The van der Waals surface area contributed by atoms with E-state index in [0.29, 0.717) is 13.0 Å². The molecule has 1 amide bonds. The van der Waals surface area contributed by atoms with E-state index in [1.54, 1.807) is 24.3 Å². The van der Waals surface area contributed by atoms with Crippen molar-refractivity contribution in [2.45, 2.75) is 6.42 Å². The third kappa shape index (κ3) is 1.90. The van der Waals surface area contributed by atoms with Gasteiger partial charge in [0.05, 0.1) is 12.3 Å². The topological polar surface area (TPSA) is 73.1 Å². The summed E-state index contributed by atoms with van der Waals surface area (Å²) in [7, 11) is 0. The van der Waals surface area contributed by atoms with E-state index >= 15 is 0 Å². The average Bonchev–Trinajstić information content (AvgIpc) is 2.68. The van der Waals surface area contributed by atoms with Gasteiger partial charge in [0.15, 0.2) is 0 Å². The molecule has 0 saturated carbocycles. The van der Waals surface area contributed by atoms with Crippen molar-refractivity contribution in [1.82, 2.24) is 5.01 Å². The molecule has 0 atom stereocenters. The second kappa shape index (κ2) is 3.61. The molecule has 1 aromatic carbocycles. The van der Waals surface area contributed by atoms with Crippen molar-refractivity contribution in [3.05, 3.63) is 29.8 Å². The Morgan fingerprint density at radius 2 is 2.00 bits per heavy atom. The fourth-order valence-electron chi connectivity index (χ4n) is 1.45. The summed E-state index contributed by atoms with van der Waals surface area (Å²) in [6.45, 7) is 0.394. The third-order valence-corrected chi connectivity index (χ3v) is 2.22. The zero-order valence-electron chi connectivity index (χ0n) is 7.92. The Hall–Kier alpha value is -2.04. The molecule has 0 unspecified atom stereocenters. The van der Waals surface area contributed by atoms with Gasteiger partial charge in [0.1, 0.15) is 5.75 Å². The summed E-state index contributed by atoms with van der Waals surface area (Å²) in [5.41, 5.74) is 1.58. The van der Waals surface area contributed by atoms with Gasteiger partial charge in [-0.2, -0.15) is 10.1 Å². The molecule has 0 spiro atoms. The van der Waals surface area contributed by atoms with Crippen molar-refractivity contribution in [2.24, 2.45) is 5.10 Å². The minimum Gasteiger partial charge on any atom is -0.508 e. The molecular weight excluding hydrogens is 196 g/mol. The minimum atomic E-state index is -1.04. The molecule has 0 bridgehead atoms. The number of phenols is 1. The number of carboxylic acid groups (broad SMARTS) is 1. The molecule has 0 aliphatic carbocycles. The van der Waals surface area contributed by atoms with Crippen molar-refractivity contribution < 1.29 is 15.0 Å². The quantitative estimate of drug-likeness (QED) is 0.730. The summed E-state index contributed by atoms with van der Waals surface area (Å²) in [5.74, 6) is 0.187. The second-order valence-corrected chi connectivity index (χ2v) is 3.25. The molecule has 0 saturated heterocycles. The van der Waals surface area contributed by atoms with E-state index in [4.69, 9.17) is 10.2 Å². The lowest BCUT2D eigenvalue weighted by molar-refractivity contribution is 0.152. The SMILES string of the molecule is O=C(O)N1CCC(c2ccc(O)cc2)=N1. The predicted molar refractivity (Wildman–Crippen MR) is 54.0 cm³/mol. The highest BCUT2D eigenvalue weighted by atomic mass is 16.4. The van der Waals surface area contributed by atoms with Crippen LogP contribution in [0.1, 0.15) is 12.0 Å². The van der Waals surface area contributed by atoms with Crippen LogP contribution in [0.2, 0.25) is 0 Å². The largest absolute Gasteiger partial charge is 0.508 e. The number of aromatic hydroxyl groups is 1. The van der Waals surface area contributed by atoms with Crippen LogP contribution in [0.15, 0.2) is 29.4 Å². The summed E-state index contributed by atoms with van der Waals surface area (Å²) in [6.07, 6.45) is -0.430. The van der Waals surface area contributed by atoms with Gasteiger partial charge in [-0.25, -0.2) is 4.79 Å². The van der Waals surface area contributed by atoms with Crippen LogP contribution in [0.3, 0.4) is 0 Å². The summed E-state index contributed by atoms with van der Waals surface area (Å²) < 4.78 is 0. The van der Waals surface area contributed by atoms with Gasteiger partial charge in [-0.3, -0.25) is 0 Å². The molecule has 5 heteroatoms. The standard InChI is InChI=1S/C10H10N2O3/c13-8-3-1-7(2-4-8)9-5-6-12(11-9)10(14)15/h1-4,13H,5-6H2,(H,14,15). The highest BCUT2D eigenvalue weighted by molar-refractivity contribution is 6.02. The summed E-state index contributed by atoms with van der Waals surface area (Å²) >= 11 is 0. The summed E-state index contributed by atoms with van der Waals surface area (Å²) in [6, 6.07) is 6.56. The Labute approximate surface area is 86.3 Å². The van der Waals surface area contributed by atoms with Gasteiger partial charge in [-0.1, -0.05) is 0 Å². The average molecular weight is 206 g/mol. The molecule has 1 aliphatic rings. The lowest BCUT2D eigenvalue weighted by atomic mass is 10.1. The Kier molecular flexibility index (Phi) is 2.29. The normalized spacial score (nSPS) is 15.2. The molecular formula is C10H10N2O3. The summed E-state index contributed by atoms with van der Waals surface area (Å²) in [5, 5.41) is 22.8. The molecule has 1 aromatic rings. The molecule has 5 nitrogen and oxygen atoms in total. The maximum Gasteiger partial charge on any atom is 0.427 e. The lowest BCUT2D eigenvalue weighted by Crippen LogP contribution is -2.20. The molecule has 2 N–H and O–H groups in total. The third-order valence-electron chi connectivity index (χ3n) is 2.22. The minimum absolute atomic E-state index is 0.187. The fourth-order valence-corrected chi connectivity index (χ4v) is 1.45. The smallest absolute Gasteiger partial charge is 0.427 e. The van der Waals surface area contributed by atoms with Crippen molar-refractivity contribution in [1.29, 1.82) is 0 Å². The number of nitrogens with zero attached hydrogens (tertiary/aromatic N) is 2. The number of carbonyl (C=O) groups is 1. The van der Waals surface area contributed by atoms with E-state index in [1.165, 1.54) is 0 Å². The van der Waals surface area contributed by atoms with Gasteiger partial charge in [0.2, 0.25) is 0 Å². The van der Waals surface area contributed by atoms with Gasteiger partial charge in [0, 0.05) is 6.42 Å². The van der Waals surface area contributed by atoms with Crippen LogP contribution in [0, 0.1) is 0 Å². The van der Waals surface area contributed by atoms with Crippen LogP contribution in [0.5, 0.6) is 5.75 Å². The van der Waals surface area contributed by atoms with Crippen molar-refractivity contribution in [2.75, 3.05) is 6.54 Å². The number of phenolic OH excluding ortho intramolecular Hbond substituents is 1. The van der Waals surface area contributed by atoms with Gasteiger partial charge >= 0.3 is 6.09 Å². The Bertz CT molecular complexity index is 411. The van der Waals surface area contributed by atoms with Gasteiger partial charge in [0.25, 0.3) is 0 Å². The zero-order chi connectivity index (χ0) is 10.8. The Balaban J connectivity index is 2.22.